The summed E-state index contributed by atoms with van der Waals surface area (Å²) >= 11 is 0. The molecule has 2 rings (SSSR count). The van der Waals surface area contributed by atoms with Crippen molar-refractivity contribution in [3.63, 3.8) is 0 Å². The molecule has 0 aliphatic carbocycles. The van der Waals surface area contributed by atoms with Crippen LogP contribution in [0.2, 0.25) is 0 Å². The van der Waals surface area contributed by atoms with E-state index in [0.717, 1.165) is 6.07 Å². The van der Waals surface area contributed by atoms with Crippen molar-refractivity contribution in [1.29, 1.82) is 0 Å². The normalized spacial score (nSPS) is 10.6. The molecule has 0 bridgehead atoms. The van der Waals surface area contributed by atoms with Crippen LogP contribution in [0.1, 0.15) is 5.56 Å². The predicted octanol–water partition coefficient (Wildman–Crippen LogP) is 3.35. The minimum Gasteiger partial charge on any atom is -0.461 e. The molecule has 0 saturated carbocycles. The van der Waals surface area contributed by atoms with Crippen LogP contribution < -0.4 is 0 Å². The minimum atomic E-state index is -0.573. The molecule has 0 unspecified atom stereocenters. The summed E-state index contributed by atoms with van der Waals surface area (Å²) in [6.07, 6.45) is 2.50. The van der Waals surface area contributed by atoms with Gasteiger partial charge in [-0.2, -0.15) is 0 Å². The lowest BCUT2D eigenvalue weighted by atomic mass is 10.1. The maximum absolute atomic E-state index is 13.4. The second-order valence-corrected chi connectivity index (χ2v) is 2.63. The number of halogens is 2. The number of benzene rings is 1. The molecule has 1 aromatic heterocycles. The van der Waals surface area contributed by atoms with Gasteiger partial charge in [-0.05, 0) is 12.1 Å². The van der Waals surface area contributed by atoms with Gasteiger partial charge in [0.15, 0.2) is 11.4 Å². The molecule has 0 N–H and O–H groups in total. The summed E-state index contributed by atoms with van der Waals surface area (Å²) in [5.41, 5.74) is 0.0508. The van der Waals surface area contributed by atoms with E-state index >= 15 is 0 Å². The van der Waals surface area contributed by atoms with E-state index in [0.29, 0.717) is 0 Å². The Bertz CT molecular complexity index is 471. The fourth-order valence-corrected chi connectivity index (χ4v) is 1.22. The van der Waals surface area contributed by atoms with Gasteiger partial charge in [0, 0.05) is 5.56 Å². The van der Waals surface area contributed by atoms with Crippen LogP contribution in [0.15, 0.2) is 29.4 Å². The topological polar surface area (TPSA) is 13.1 Å². The molecule has 66 valence electrons. The van der Waals surface area contributed by atoms with Crippen LogP contribution in [0.25, 0.3) is 17.0 Å². The second kappa shape index (κ2) is 2.69. The van der Waals surface area contributed by atoms with Gasteiger partial charge in [-0.1, -0.05) is 12.7 Å². The first-order valence-electron chi connectivity index (χ1n) is 3.71. The van der Waals surface area contributed by atoms with Gasteiger partial charge < -0.3 is 4.42 Å². The lowest BCUT2D eigenvalue weighted by Crippen LogP contribution is -1.86. The van der Waals surface area contributed by atoms with Crippen molar-refractivity contribution < 1.29 is 13.2 Å². The van der Waals surface area contributed by atoms with E-state index in [1.807, 2.05) is 0 Å². The molecule has 0 radical (unpaired) electrons. The van der Waals surface area contributed by atoms with Crippen molar-refractivity contribution in [2.45, 2.75) is 0 Å². The van der Waals surface area contributed by atoms with Crippen molar-refractivity contribution in [2.24, 2.45) is 0 Å². The molecule has 0 spiro atoms. The van der Waals surface area contributed by atoms with Gasteiger partial charge in [0.05, 0.1) is 11.6 Å². The zero-order valence-corrected chi connectivity index (χ0v) is 6.68. The number of furan rings is 1. The van der Waals surface area contributed by atoms with Crippen LogP contribution in [0.3, 0.4) is 0 Å². The standard InChI is InChI=1S/C10H6F2O/c1-2-6-5-8(11)7-3-4-13-10(7)9(6)12/h2-5H,1H2. The van der Waals surface area contributed by atoms with Crippen LogP contribution >= 0.6 is 0 Å². The molecule has 0 aliphatic heterocycles. The first-order chi connectivity index (χ1) is 6.24. The Morgan fingerprint density at radius 2 is 2.15 bits per heavy atom. The molecule has 1 heterocycles. The van der Waals surface area contributed by atoms with E-state index in [-0.39, 0.29) is 16.5 Å². The zero-order valence-electron chi connectivity index (χ0n) is 6.68. The fourth-order valence-electron chi connectivity index (χ4n) is 1.22. The van der Waals surface area contributed by atoms with Gasteiger partial charge in [-0.25, -0.2) is 8.78 Å². The summed E-state index contributed by atoms with van der Waals surface area (Å²) in [7, 11) is 0. The van der Waals surface area contributed by atoms with Crippen LogP contribution in [0.4, 0.5) is 8.78 Å². The highest BCUT2D eigenvalue weighted by atomic mass is 19.1. The summed E-state index contributed by atoms with van der Waals surface area (Å²) < 4.78 is 31.3. The monoisotopic (exact) mass is 180 g/mol. The van der Waals surface area contributed by atoms with Crippen LogP contribution in [0, 0.1) is 11.6 Å². The molecule has 0 fully saturated rings. The SMILES string of the molecule is C=Cc1cc(F)c2ccoc2c1F. The first-order valence-corrected chi connectivity index (χ1v) is 3.71. The Kier molecular flexibility index (Phi) is 1.65. The summed E-state index contributed by atoms with van der Waals surface area (Å²) in [6.45, 7) is 3.38. The van der Waals surface area contributed by atoms with Gasteiger partial charge in [-0.3, -0.25) is 0 Å². The van der Waals surface area contributed by atoms with Crippen LogP contribution in [0.5, 0.6) is 0 Å². The summed E-state index contributed by atoms with van der Waals surface area (Å²) in [5.74, 6) is -1.07. The van der Waals surface area contributed by atoms with Gasteiger partial charge in [-0.15, -0.1) is 0 Å². The van der Waals surface area contributed by atoms with Gasteiger partial charge in [0.2, 0.25) is 0 Å². The van der Waals surface area contributed by atoms with Gasteiger partial charge in [0.25, 0.3) is 0 Å². The van der Waals surface area contributed by atoms with E-state index in [4.69, 9.17) is 4.42 Å². The Hall–Kier alpha value is -1.64. The summed E-state index contributed by atoms with van der Waals surface area (Å²) in [4.78, 5) is 0. The second-order valence-electron chi connectivity index (χ2n) is 2.63. The maximum atomic E-state index is 13.4. The quantitative estimate of drug-likeness (QED) is 0.655. The number of hydrogen-bond acceptors (Lipinski definition) is 1. The van der Waals surface area contributed by atoms with Crippen molar-refractivity contribution in [2.75, 3.05) is 0 Å². The minimum absolute atomic E-state index is 0.0603. The number of hydrogen-bond donors (Lipinski definition) is 0. The molecule has 0 saturated heterocycles. The zero-order chi connectivity index (χ0) is 9.42. The van der Waals surface area contributed by atoms with Crippen molar-refractivity contribution >= 4 is 17.0 Å². The number of rotatable bonds is 1. The highest BCUT2D eigenvalue weighted by Crippen LogP contribution is 2.25. The van der Waals surface area contributed by atoms with E-state index in [1.54, 1.807) is 0 Å². The van der Waals surface area contributed by atoms with E-state index in [9.17, 15) is 8.78 Å². The Morgan fingerprint density at radius 3 is 2.85 bits per heavy atom. The highest BCUT2D eigenvalue weighted by Gasteiger charge is 2.12. The first kappa shape index (κ1) is 7.98. The molecule has 2 aromatic rings. The average molecular weight is 180 g/mol. The third-order valence-corrected chi connectivity index (χ3v) is 1.88. The summed E-state index contributed by atoms with van der Waals surface area (Å²) in [6, 6.07) is 2.49. The molecule has 3 heteroatoms. The molecule has 0 aliphatic rings. The third kappa shape index (κ3) is 1.04. The van der Waals surface area contributed by atoms with Gasteiger partial charge >= 0.3 is 0 Å². The highest BCUT2D eigenvalue weighted by molar-refractivity contribution is 5.81. The molecule has 1 nitrogen and oxygen atoms in total. The van der Waals surface area contributed by atoms with Crippen molar-refractivity contribution in [3.8, 4) is 0 Å². The Morgan fingerprint density at radius 1 is 1.38 bits per heavy atom. The molecular weight excluding hydrogens is 174 g/mol. The summed E-state index contributed by atoms with van der Waals surface area (Å²) in [5, 5.41) is 0.156. The van der Waals surface area contributed by atoms with Crippen molar-refractivity contribution in [1.82, 2.24) is 0 Å². The van der Waals surface area contributed by atoms with E-state index in [2.05, 4.69) is 6.58 Å². The Balaban J connectivity index is 2.93. The van der Waals surface area contributed by atoms with E-state index < -0.39 is 11.6 Å². The molecule has 13 heavy (non-hydrogen) atoms. The third-order valence-electron chi connectivity index (χ3n) is 1.88. The van der Waals surface area contributed by atoms with Gasteiger partial charge in [0.1, 0.15) is 5.82 Å². The predicted molar refractivity (Wildman–Crippen MR) is 46.2 cm³/mol. The van der Waals surface area contributed by atoms with E-state index in [1.165, 1.54) is 18.4 Å². The number of fused-ring (bicyclic) bond motifs is 1. The van der Waals surface area contributed by atoms with Crippen LogP contribution in [-0.2, 0) is 0 Å². The lowest BCUT2D eigenvalue weighted by molar-refractivity contribution is 0.553. The lowest BCUT2D eigenvalue weighted by Gasteiger charge is -1.98. The van der Waals surface area contributed by atoms with Crippen molar-refractivity contribution in [3.05, 3.63) is 42.2 Å². The Labute approximate surface area is 73.3 Å². The molecule has 0 atom stereocenters. The maximum Gasteiger partial charge on any atom is 0.173 e. The fraction of sp³-hybridized carbons (Fsp3) is 0. The smallest absolute Gasteiger partial charge is 0.173 e. The van der Waals surface area contributed by atoms with Crippen LogP contribution in [-0.4, -0.2) is 0 Å². The molecule has 1 aromatic carbocycles. The average Bonchev–Trinajstić information content (AvgIpc) is 2.60. The molecular formula is C10H6F2O. The molecule has 0 amide bonds. The largest absolute Gasteiger partial charge is 0.461 e.